The number of aliphatic hydroxyl groups is 1. The Balaban J connectivity index is 1.11. The van der Waals surface area contributed by atoms with Crippen LogP contribution in [0.25, 0.3) is 0 Å². The molecule has 11 atom stereocenters. The third kappa shape index (κ3) is 10.7. The van der Waals surface area contributed by atoms with E-state index in [1.54, 1.807) is 7.11 Å². The summed E-state index contributed by atoms with van der Waals surface area (Å²) in [6.07, 6.45) is -6.41. The Kier molecular flexibility index (Phi) is 14.6. The smallest absolute Gasteiger partial charge is 0.184 e. The lowest BCUT2D eigenvalue weighted by Crippen LogP contribution is -2.64. The average Bonchev–Trinajstić information content (AvgIpc) is 3.30. The number of fused-ring (bicyclic) bond motifs is 1. The van der Waals surface area contributed by atoms with Crippen molar-refractivity contribution in [1.82, 2.24) is 0 Å². The number of hydrogen-bond donors (Lipinski definition) is 1. The molecule has 0 saturated carbocycles. The van der Waals surface area contributed by atoms with E-state index in [9.17, 15) is 5.11 Å². The number of aliphatic hydroxyl groups excluding tert-OH is 1. The van der Waals surface area contributed by atoms with Gasteiger partial charge in [-0.2, -0.15) is 0 Å². The molecule has 0 spiro atoms. The number of hydrogen-bond acceptors (Lipinski definition) is 10. The zero-order valence-electron chi connectivity index (χ0n) is 33.4. The van der Waals surface area contributed by atoms with Gasteiger partial charge in [0, 0.05) is 18.6 Å². The summed E-state index contributed by atoms with van der Waals surface area (Å²) >= 11 is 0. The van der Waals surface area contributed by atoms with Crippen LogP contribution in [0.3, 0.4) is 0 Å². The second-order valence-electron chi connectivity index (χ2n) is 15.3. The largest absolute Gasteiger partial charge is 0.388 e. The molecule has 10 nitrogen and oxygen atoms in total. The lowest BCUT2D eigenvalue weighted by molar-refractivity contribution is -0.360. The van der Waals surface area contributed by atoms with Crippen LogP contribution < -0.4 is 0 Å². The molecule has 0 aromatic heterocycles. The van der Waals surface area contributed by atoms with Gasteiger partial charge in [0.1, 0.15) is 36.6 Å². The Morgan fingerprint density at radius 3 is 1.58 bits per heavy atom. The molecule has 10 heteroatoms. The maximum absolute atomic E-state index is 12.5. The molecule has 1 unspecified atom stereocenters. The molecule has 0 bridgehead atoms. The zero-order chi connectivity index (χ0) is 40.2. The summed E-state index contributed by atoms with van der Waals surface area (Å²) < 4.78 is 59.1. The molecule has 3 saturated heterocycles. The first-order chi connectivity index (χ1) is 29.1. The summed E-state index contributed by atoms with van der Waals surface area (Å²) in [6, 6.07) is 49.8. The zero-order valence-corrected chi connectivity index (χ0v) is 33.4. The minimum atomic E-state index is -1.09. The van der Waals surface area contributed by atoms with Crippen molar-refractivity contribution in [1.29, 1.82) is 0 Å². The Morgan fingerprint density at radius 1 is 0.542 bits per heavy atom. The van der Waals surface area contributed by atoms with Crippen molar-refractivity contribution in [3.8, 4) is 0 Å². The molecule has 5 aromatic rings. The van der Waals surface area contributed by atoms with E-state index in [-0.39, 0.29) is 25.7 Å². The fraction of sp³-hybridized carbons (Fsp3) is 0.388. The Bertz CT molecular complexity index is 1930. The second kappa shape index (κ2) is 20.8. The third-order valence-electron chi connectivity index (χ3n) is 11.3. The first-order valence-electron chi connectivity index (χ1n) is 20.5. The molecule has 3 aliphatic heterocycles. The van der Waals surface area contributed by atoms with Crippen LogP contribution in [0.15, 0.2) is 152 Å². The van der Waals surface area contributed by atoms with E-state index >= 15 is 0 Å². The quantitative estimate of drug-likeness (QED) is 0.101. The second-order valence-corrected chi connectivity index (χ2v) is 15.3. The van der Waals surface area contributed by atoms with Gasteiger partial charge in [-0.15, -0.1) is 0 Å². The van der Waals surface area contributed by atoms with Gasteiger partial charge >= 0.3 is 0 Å². The van der Waals surface area contributed by atoms with Crippen molar-refractivity contribution in [3.05, 3.63) is 179 Å². The van der Waals surface area contributed by atoms with Crippen molar-refractivity contribution in [2.75, 3.05) is 20.3 Å². The third-order valence-corrected chi connectivity index (χ3v) is 11.3. The van der Waals surface area contributed by atoms with E-state index in [1.165, 1.54) is 0 Å². The van der Waals surface area contributed by atoms with Crippen molar-refractivity contribution in [3.63, 3.8) is 0 Å². The SMILES string of the molecule is CO[C@H]1O[C@@H]2COC(c3ccccc3)O[C@H]2[C@@H](C[C@@H]2O[C@H](COCc3ccccc3)[C@@H](OCc3ccccc3)[C@H](OCc3ccccc3)[C@H]2O)[C@H]1OCc1ccccc1. The minimum absolute atomic E-state index is 0.206. The number of benzene rings is 5. The molecule has 0 aliphatic carbocycles. The molecule has 3 fully saturated rings. The predicted molar refractivity (Wildman–Crippen MR) is 220 cm³/mol. The highest BCUT2D eigenvalue weighted by atomic mass is 16.8. The lowest BCUT2D eigenvalue weighted by Gasteiger charge is -2.51. The fourth-order valence-corrected chi connectivity index (χ4v) is 8.28. The molecule has 59 heavy (non-hydrogen) atoms. The Hall–Kier alpha value is -4.30. The van der Waals surface area contributed by atoms with Crippen LogP contribution in [0, 0.1) is 5.92 Å². The van der Waals surface area contributed by atoms with Crippen LogP contribution in [0.5, 0.6) is 0 Å². The van der Waals surface area contributed by atoms with Gasteiger partial charge < -0.3 is 47.7 Å². The van der Waals surface area contributed by atoms with Gasteiger partial charge in [-0.3, -0.25) is 0 Å². The highest BCUT2D eigenvalue weighted by Crippen LogP contribution is 2.42. The van der Waals surface area contributed by atoms with Crippen LogP contribution in [0.2, 0.25) is 0 Å². The fourth-order valence-electron chi connectivity index (χ4n) is 8.28. The minimum Gasteiger partial charge on any atom is -0.388 e. The molecule has 3 heterocycles. The maximum Gasteiger partial charge on any atom is 0.184 e. The van der Waals surface area contributed by atoms with Gasteiger partial charge in [-0.1, -0.05) is 152 Å². The van der Waals surface area contributed by atoms with Crippen molar-refractivity contribution < 1.29 is 47.7 Å². The van der Waals surface area contributed by atoms with Crippen molar-refractivity contribution in [2.24, 2.45) is 5.92 Å². The first kappa shape index (κ1) is 41.4. The molecule has 0 radical (unpaired) electrons. The molecule has 0 amide bonds. The van der Waals surface area contributed by atoms with Gasteiger partial charge in [-0.25, -0.2) is 0 Å². The van der Waals surface area contributed by atoms with Gasteiger partial charge in [0.2, 0.25) is 0 Å². The van der Waals surface area contributed by atoms with Crippen LogP contribution in [-0.4, -0.2) is 80.6 Å². The summed E-state index contributed by atoms with van der Waals surface area (Å²) in [5, 5.41) is 12.5. The summed E-state index contributed by atoms with van der Waals surface area (Å²) in [5.74, 6) is -0.361. The Labute approximate surface area is 346 Å². The highest BCUT2D eigenvalue weighted by Gasteiger charge is 2.54. The molecule has 3 aliphatic rings. The maximum atomic E-state index is 12.5. The van der Waals surface area contributed by atoms with Gasteiger partial charge in [0.15, 0.2) is 12.6 Å². The average molecular weight is 803 g/mol. The summed E-state index contributed by atoms with van der Waals surface area (Å²) in [4.78, 5) is 0. The van der Waals surface area contributed by atoms with E-state index in [0.29, 0.717) is 26.2 Å². The van der Waals surface area contributed by atoms with Gasteiger partial charge in [0.05, 0.1) is 51.8 Å². The molecule has 8 rings (SSSR count). The molecule has 5 aromatic carbocycles. The van der Waals surface area contributed by atoms with Crippen LogP contribution >= 0.6 is 0 Å². The predicted octanol–water partition coefficient (Wildman–Crippen LogP) is 7.58. The molecular weight excluding hydrogens is 749 g/mol. The van der Waals surface area contributed by atoms with E-state index in [0.717, 1.165) is 27.8 Å². The first-order valence-corrected chi connectivity index (χ1v) is 20.5. The monoisotopic (exact) mass is 802 g/mol. The van der Waals surface area contributed by atoms with Gasteiger partial charge in [0.25, 0.3) is 0 Å². The normalized spacial score (nSPS) is 29.4. The molecule has 1 N–H and O–H groups in total. The van der Waals surface area contributed by atoms with E-state index in [4.69, 9.17) is 42.6 Å². The van der Waals surface area contributed by atoms with Crippen LogP contribution in [0.1, 0.15) is 40.5 Å². The topological polar surface area (TPSA) is 103 Å². The van der Waals surface area contributed by atoms with E-state index in [2.05, 4.69) is 0 Å². The standard InChI is InChI=1S/C49H54O10/c1-51-49-45(53-29-35-19-9-3-10-20-35)39(44-42(58-49)33-56-48(59-44)38-25-15-6-16-26-38)27-40-43(50)47(55-31-37-23-13-5-14-24-37)46(54-30-36-21-11-4-12-22-36)41(57-40)32-52-28-34-17-7-2-8-18-34/h2-26,39-50H,27-33H2,1H3/t39-,40+,41-,42-,43+,44+,45-,46-,47-,48?,49+/m1/s1. The van der Waals surface area contributed by atoms with Crippen LogP contribution in [-0.2, 0) is 69.1 Å². The van der Waals surface area contributed by atoms with Gasteiger partial charge in [-0.05, 0) is 28.7 Å². The number of rotatable bonds is 17. The summed E-state index contributed by atoms with van der Waals surface area (Å²) in [6.45, 7) is 1.78. The molecule has 310 valence electrons. The summed E-state index contributed by atoms with van der Waals surface area (Å²) in [5.41, 5.74) is 4.93. The lowest BCUT2D eigenvalue weighted by atomic mass is 9.80. The van der Waals surface area contributed by atoms with E-state index in [1.807, 2.05) is 152 Å². The number of ether oxygens (including phenoxy) is 9. The van der Waals surface area contributed by atoms with Crippen LogP contribution in [0.4, 0.5) is 0 Å². The van der Waals surface area contributed by atoms with E-state index < -0.39 is 61.4 Å². The Morgan fingerprint density at radius 2 is 1.03 bits per heavy atom. The highest BCUT2D eigenvalue weighted by molar-refractivity contribution is 5.18. The van der Waals surface area contributed by atoms with Crippen molar-refractivity contribution >= 4 is 0 Å². The summed E-state index contributed by atoms with van der Waals surface area (Å²) in [7, 11) is 1.62. The molecular formula is C49H54O10. The van der Waals surface area contributed by atoms with Crippen molar-refractivity contribution in [2.45, 2.75) is 94.3 Å². The number of methoxy groups -OCH3 is 1.